The summed E-state index contributed by atoms with van der Waals surface area (Å²) in [4.78, 5) is 2.54. The van der Waals surface area contributed by atoms with Gasteiger partial charge in [-0.05, 0) is 54.0 Å². The van der Waals surface area contributed by atoms with Crippen LogP contribution >= 0.6 is 0 Å². The largest absolute Gasteiger partial charge is 0.504 e. The molecule has 2 N–H and O–H groups in total. The van der Waals surface area contributed by atoms with Crippen LogP contribution in [0, 0.1) is 0 Å². The predicted octanol–water partition coefficient (Wildman–Crippen LogP) is 3.57. The Kier molecular flexibility index (Phi) is 3.30. The zero-order valence-corrected chi connectivity index (χ0v) is 12.6. The van der Waals surface area contributed by atoms with E-state index in [0.29, 0.717) is 12.0 Å². The first kappa shape index (κ1) is 13.6. The quantitative estimate of drug-likeness (QED) is 0.851. The van der Waals surface area contributed by atoms with Crippen LogP contribution in [0.15, 0.2) is 42.5 Å². The summed E-state index contributed by atoms with van der Waals surface area (Å²) < 4.78 is 0. The Labute approximate surface area is 130 Å². The first-order valence-electron chi connectivity index (χ1n) is 8.06. The molecule has 0 unspecified atom stereocenters. The Hall–Kier alpha value is -2.00. The zero-order chi connectivity index (χ0) is 15.1. The van der Waals surface area contributed by atoms with E-state index in [9.17, 15) is 10.2 Å². The molecule has 0 amide bonds. The third-order valence-electron chi connectivity index (χ3n) is 5.19. The van der Waals surface area contributed by atoms with Crippen molar-refractivity contribution in [3.8, 4) is 11.5 Å². The van der Waals surface area contributed by atoms with E-state index in [4.69, 9.17) is 0 Å². The van der Waals surface area contributed by atoms with Crippen molar-refractivity contribution in [2.45, 2.75) is 31.2 Å². The van der Waals surface area contributed by atoms with Crippen LogP contribution < -0.4 is 0 Å². The topological polar surface area (TPSA) is 43.7 Å². The molecule has 2 aromatic rings. The van der Waals surface area contributed by atoms with Crippen LogP contribution in [0.3, 0.4) is 0 Å². The predicted molar refractivity (Wildman–Crippen MR) is 86.2 cm³/mol. The lowest BCUT2D eigenvalue weighted by Crippen LogP contribution is -2.43. The number of piperidine rings is 1. The maximum absolute atomic E-state index is 9.83. The van der Waals surface area contributed by atoms with Gasteiger partial charge >= 0.3 is 0 Å². The molecule has 1 aliphatic carbocycles. The Morgan fingerprint density at radius 3 is 2.45 bits per heavy atom. The van der Waals surface area contributed by atoms with E-state index in [1.54, 1.807) is 12.1 Å². The van der Waals surface area contributed by atoms with Crippen molar-refractivity contribution < 1.29 is 10.2 Å². The second-order valence-electron chi connectivity index (χ2n) is 6.49. The average Bonchev–Trinajstić information content (AvgIpc) is 2.56. The van der Waals surface area contributed by atoms with Gasteiger partial charge in [0.05, 0.1) is 0 Å². The fourth-order valence-electron chi connectivity index (χ4n) is 4.07. The summed E-state index contributed by atoms with van der Waals surface area (Å²) in [6, 6.07) is 14.5. The molecule has 1 fully saturated rings. The molecule has 3 heteroatoms. The van der Waals surface area contributed by atoms with Gasteiger partial charge < -0.3 is 10.2 Å². The summed E-state index contributed by atoms with van der Waals surface area (Å²) in [6.45, 7) is 2.11. The number of rotatable bonds is 3. The van der Waals surface area contributed by atoms with Gasteiger partial charge in [-0.25, -0.2) is 0 Å². The van der Waals surface area contributed by atoms with Gasteiger partial charge in [-0.1, -0.05) is 30.3 Å². The lowest BCUT2D eigenvalue weighted by molar-refractivity contribution is 0.114. The Morgan fingerprint density at radius 2 is 1.68 bits per heavy atom. The highest BCUT2D eigenvalue weighted by atomic mass is 16.3. The Bertz CT molecular complexity index is 683. The zero-order valence-electron chi connectivity index (χ0n) is 12.6. The average molecular weight is 295 g/mol. The van der Waals surface area contributed by atoms with Crippen LogP contribution in [0.5, 0.6) is 11.5 Å². The molecule has 0 aromatic heterocycles. The minimum atomic E-state index is 0.00862. The molecule has 1 saturated heterocycles. The third kappa shape index (κ3) is 2.26. The molecule has 2 aromatic carbocycles. The highest BCUT2D eigenvalue weighted by Gasteiger charge is 2.38. The van der Waals surface area contributed by atoms with Gasteiger partial charge in [-0.2, -0.15) is 0 Å². The number of aromatic hydroxyl groups is 2. The van der Waals surface area contributed by atoms with E-state index in [1.165, 1.54) is 23.1 Å². The molecule has 2 bridgehead atoms. The first-order chi connectivity index (χ1) is 10.7. The minimum Gasteiger partial charge on any atom is -0.504 e. The summed E-state index contributed by atoms with van der Waals surface area (Å²) in [7, 11) is 0. The number of phenolic OH excluding ortho intramolecular Hbond substituents is 2. The number of hydrogen-bond donors (Lipinski definition) is 2. The summed E-state index contributed by atoms with van der Waals surface area (Å²) in [5, 5.41) is 19.6. The van der Waals surface area contributed by atoms with Crippen LogP contribution in [-0.2, 0) is 6.42 Å². The smallest absolute Gasteiger partial charge is 0.157 e. The van der Waals surface area contributed by atoms with Gasteiger partial charge in [-0.3, -0.25) is 4.90 Å². The lowest BCUT2D eigenvalue weighted by Gasteiger charge is -2.46. The van der Waals surface area contributed by atoms with Gasteiger partial charge in [0, 0.05) is 19.1 Å². The van der Waals surface area contributed by atoms with Crippen molar-refractivity contribution in [2.75, 3.05) is 13.1 Å². The molecule has 114 valence electrons. The Morgan fingerprint density at radius 1 is 0.955 bits per heavy atom. The van der Waals surface area contributed by atoms with Crippen LogP contribution in [0.25, 0.3) is 0 Å². The fourth-order valence-corrected chi connectivity index (χ4v) is 4.07. The maximum Gasteiger partial charge on any atom is 0.157 e. The molecule has 3 nitrogen and oxygen atoms in total. The van der Waals surface area contributed by atoms with E-state index in [0.717, 1.165) is 25.9 Å². The maximum atomic E-state index is 9.83. The molecule has 2 atom stereocenters. The van der Waals surface area contributed by atoms with Crippen LogP contribution in [0.4, 0.5) is 0 Å². The highest BCUT2D eigenvalue weighted by molar-refractivity contribution is 5.50. The van der Waals surface area contributed by atoms with Crippen molar-refractivity contribution in [1.29, 1.82) is 0 Å². The van der Waals surface area contributed by atoms with E-state index in [1.807, 2.05) is 0 Å². The molecule has 0 spiro atoms. The second-order valence-corrected chi connectivity index (χ2v) is 6.49. The van der Waals surface area contributed by atoms with Gasteiger partial charge in [0.25, 0.3) is 0 Å². The molecule has 2 aliphatic heterocycles. The molecule has 3 aliphatic rings. The van der Waals surface area contributed by atoms with Gasteiger partial charge in [-0.15, -0.1) is 0 Å². The number of fused-ring (bicyclic) bond motifs is 2. The monoisotopic (exact) mass is 295 g/mol. The van der Waals surface area contributed by atoms with E-state index in [-0.39, 0.29) is 11.5 Å². The molecular formula is C19H21NO2. The lowest BCUT2D eigenvalue weighted by atomic mass is 9.74. The van der Waals surface area contributed by atoms with Gasteiger partial charge in [0.1, 0.15) is 0 Å². The summed E-state index contributed by atoms with van der Waals surface area (Å²) in [6.07, 6.45) is 3.39. The van der Waals surface area contributed by atoms with Crippen molar-refractivity contribution in [3.63, 3.8) is 0 Å². The van der Waals surface area contributed by atoms with Crippen molar-refractivity contribution in [1.82, 2.24) is 4.90 Å². The fraction of sp³-hybridized carbons (Fsp3) is 0.368. The first-order valence-corrected chi connectivity index (χ1v) is 8.06. The van der Waals surface area contributed by atoms with Gasteiger partial charge in [0.2, 0.25) is 0 Å². The van der Waals surface area contributed by atoms with E-state index in [2.05, 4.69) is 35.2 Å². The minimum absolute atomic E-state index is 0.00862. The number of hydrogen-bond acceptors (Lipinski definition) is 3. The second kappa shape index (κ2) is 5.33. The third-order valence-corrected chi connectivity index (χ3v) is 5.19. The van der Waals surface area contributed by atoms with E-state index >= 15 is 0 Å². The standard InChI is InChI=1S/C19H21NO2/c21-18-10-15-14-6-7-17(16(15)11-19(18)22)20(12-14)9-8-13-4-2-1-3-5-13/h1-5,10-11,14,17,21-22H,6-9,12H2/t14-,17-/m0/s1. The molecule has 5 rings (SSSR count). The van der Waals surface area contributed by atoms with Crippen molar-refractivity contribution in [3.05, 3.63) is 59.2 Å². The van der Waals surface area contributed by atoms with Crippen molar-refractivity contribution in [2.24, 2.45) is 0 Å². The molecule has 2 heterocycles. The number of phenols is 2. The number of nitrogens with zero attached hydrogens (tertiary/aromatic N) is 1. The molecular weight excluding hydrogens is 274 g/mol. The number of benzene rings is 2. The molecule has 0 saturated carbocycles. The highest BCUT2D eigenvalue weighted by Crippen LogP contribution is 2.49. The molecule has 22 heavy (non-hydrogen) atoms. The normalized spacial score (nSPS) is 23.5. The Balaban J connectivity index is 1.56. The van der Waals surface area contributed by atoms with Crippen LogP contribution in [0.2, 0.25) is 0 Å². The van der Waals surface area contributed by atoms with Crippen molar-refractivity contribution >= 4 is 0 Å². The van der Waals surface area contributed by atoms with E-state index < -0.39 is 0 Å². The van der Waals surface area contributed by atoms with Crippen LogP contribution in [0.1, 0.15) is 41.5 Å². The van der Waals surface area contributed by atoms with Gasteiger partial charge in [0.15, 0.2) is 11.5 Å². The summed E-state index contributed by atoms with van der Waals surface area (Å²) >= 11 is 0. The molecule has 0 radical (unpaired) electrons. The van der Waals surface area contributed by atoms with Crippen LogP contribution in [-0.4, -0.2) is 28.2 Å². The SMILES string of the molecule is Oc1cc2c(cc1O)[C@@H]1CC[C@H]2CN1CCc1ccccc1. The summed E-state index contributed by atoms with van der Waals surface area (Å²) in [5.74, 6) is 0.513. The summed E-state index contributed by atoms with van der Waals surface area (Å²) in [5.41, 5.74) is 3.83.